The first-order chi connectivity index (χ1) is 12.5. The molecule has 26 heavy (non-hydrogen) atoms. The Hall–Kier alpha value is -2.79. The smallest absolute Gasteiger partial charge is 0.276 e. The predicted molar refractivity (Wildman–Crippen MR) is 103 cm³/mol. The van der Waals surface area contributed by atoms with Crippen LogP contribution in [-0.2, 0) is 9.59 Å². The lowest BCUT2D eigenvalue weighted by Gasteiger charge is -2.13. The monoisotopic (exact) mass is 372 g/mol. The first kappa shape index (κ1) is 19.5. The second-order valence-corrected chi connectivity index (χ2v) is 6.28. The third-order valence-corrected chi connectivity index (χ3v) is 3.89. The van der Waals surface area contributed by atoms with E-state index in [2.05, 4.69) is 10.9 Å². The van der Waals surface area contributed by atoms with Gasteiger partial charge in [0.05, 0.1) is 0 Å². The Balaban J connectivity index is 1.80. The van der Waals surface area contributed by atoms with Gasteiger partial charge in [-0.15, -0.1) is 0 Å². The highest BCUT2D eigenvalue weighted by Gasteiger charge is 2.09. The molecule has 0 fully saturated rings. The molecular weight excluding hydrogens is 352 g/mol. The molecular formula is C20H21ClN2O3. The van der Waals surface area contributed by atoms with Gasteiger partial charge in [-0.1, -0.05) is 61.8 Å². The van der Waals surface area contributed by atoms with Crippen molar-refractivity contribution in [3.8, 4) is 5.75 Å². The van der Waals surface area contributed by atoms with Gasteiger partial charge in [0.15, 0.2) is 6.61 Å². The highest BCUT2D eigenvalue weighted by molar-refractivity contribution is 6.32. The number of nitrogens with one attached hydrogen (secondary N) is 2. The topological polar surface area (TPSA) is 67.4 Å². The Labute approximate surface area is 158 Å². The molecule has 0 bridgehead atoms. The molecule has 0 aromatic heterocycles. The summed E-state index contributed by atoms with van der Waals surface area (Å²) in [4.78, 5) is 23.6. The lowest BCUT2D eigenvalue weighted by atomic mass is 10.0. The predicted octanol–water partition coefficient (Wildman–Crippen LogP) is 3.70. The van der Waals surface area contributed by atoms with Gasteiger partial charge in [0.2, 0.25) is 0 Å². The fraction of sp³-hybridized carbons (Fsp3) is 0.200. The van der Waals surface area contributed by atoms with Crippen molar-refractivity contribution in [2.24, 2.45) is 0 Å². The standard InChI is InChI=1S/C20H21ClN2O3/c1-14(2)16-8-4-6-10-18(16)26-13-20(25)23-22-19(24)12-11-15-7-3-5-9-17(15)21/h3-12,14H,13H2,1-2H3,(H,22,24)(H,23,25). The van der Waals surface area contributed by atoms with E-state index in [1.807, 2.05) is 44.2 Å². The van der Waals surface area contributed by atoms with E-state index < -0.39 is 11.8 Å². The van der Waals surface area contributed by atoms with Crippen molar-refractivity contribution in [1.29, 1.82) is 0 Å². The van der Waals surface area contributed by atoms with Gasteiger partial charge in [0.1, 0.15) is 5.75 Å². The Morgan fingerprint density at radius 2 is 1.77 bits per heavy atom. The highest BCUT2D eigenvalue weighted by Crippen LogP contribution is 2.25. The molecule has 0 unspecified atom stereocenters. The highest BCUT2D eigenvalue weighted by atomic mass is 35.5. The normalized spacial score (nSPS) is 10.8. The van der Waals surface area contributed by atoms with Crippen LogP contribution in [0.1, 0.15) is 30.9 Å². The number of para-hydroxylation sites is 1. The van der Waals surface area contributed by atoms with Gasteiger partial charge in [0, 0.05) is 11.1 Å². The van der Waals surface area contributed by atoms with E-state index in [1.54, 1.807) is 24.3 Å². The lowest BCUT2D eigenvalue weighted by molar-refractivity contribution is -0.128. The number of carbonyl (C=O) groups excluding carboxylic acids is 2. The third kappa shape index (κ3) is 5.93. The van der Waals surface area contributed by atoms with E-state index in [0.29, 0.717) is 16.3 Å². The number of halogens is 1. The summed E-state index contributed by atoms with van der Waals surface area (Å²) in [5.41, 5.74) is 6.33. The van der Waals surface area contributed by atoms with E-state index in [-0.39, 0.29) is 12.5 Å². The van der Waals surface area contributed by atoms with Crippen LogP contribution in [0.5, 0.6) is 5.75 Å². The van der Waals surface area contributed by atoms with Gasteiger partial charge in [-0.3, -0.25) is 20.4 Å². The second kappa shape index (κ2) is 9.63. The zero-order chi connectivity index (χ0) is 18.9. The summed E-state index contributed by atoms with van der Waals surface area (Å²) < 4.78 is 5.54. The van der Waals surface area contributed by atoms with Gasteiger partial charge in [0.25, 0.3) is 11.8 Å². The van der Waals surface area contributed by atoms with Gasteiger partial charge in [-0.05, 0) is 35.3 Å². The molecule has 0 aliphatic rings. The first-order valence-corrected chi connectivity index (χ1v) is 8.58. The number of ether oxygens (including phenoxy) is 1. The molecule has 2 rings (SSSR count). The minimum absolute atomic E-state index is 0.196. The van der Waals surface area contributed by atoms with Crippen LogP contribution in [-0.4, -0.2) is 18.4 Å². The molecule has 136 valence electrons. The molecule has 2 amide bonds. The van der Waals surface area contributed by atoms with E-state index in [9.17, 15) is 9.59 Å². The maximum absolute atomic E-state index is 11.8. The molecule has 0 aliphatic carbocycles. The largest absolute Gasteiger partial charge is 0.483 e. The number of amides is 2. The molecule has 2 aromatic carbocycles. The maximum Gasteiger partial charge on any atom is 0.276 e. The zero-order valence-corrected chi connectivity index (χ0v) is 15.4. The fourth-order valence-corrected chi connectivity index (χ4v) is 2.42. The molecule has 0 atom stereocenters. The molecule has 5 nitrogen and oxygen atoms in total. The van der Waals surface area contributed by atoms with Crippen molar-refractivity contribution >= 4 is 29.5 Å². The van der Waals surface area contributed by atoms with Crippen molar-refractivity contribution in [2.75, 3.05) is 6.61 Å². The van der Waals surface area contributed by atoms with Crippen LogP contribution in [0.3, 0.4) is 0 Å². The maximum atomic E-state index is 11.8. The quantitative estimate of drug-likeness (QED) is 0.600. The van der Waals surface area contributed by atoms with Gasteiger partial charge < -0.3 is 4.74 Å². The van der Waals surface area contributed by atoms with Crippen molar-refractivity contribution in [3.63, 3.8) is 0 Å². The summed E-state index contributed by atoms with van der Waals surface area (Å²) in [6.07, 6.45) is 2.86. The van der Waals surface area contributed by atoms with Crippen LogP contribution in [0.2, 0.25) is 5.02 Å². The minimum Gasteiger partial charge on any atom is -0.483 e. The molecule has 0 saturated heterocycles. The summed E-state index contributed by atoms with van der Waals surface area (Å²) in [5, 5.41) is 0.540. The first-order valence-electron chi connectivity index (χ1n) is 8.20. The minimum atomic E-state index is -0.471. The summed E-state index contributed by atoms with van der Waals surface area (Å²) >= 11 is 6.00. The number of carbonyl (C=O) groups is 2. The lowest BCUT2D eigenvalue weighted by Crippen LogP contribution is -2.43. The molecule has 6 heteroatoms. The van der Waals surface area contributed by atoms with E-state index in [0.717, 1.165) is 5.56 Å². The fourth-order valence-electron chi connectivity index (χ4n) is 2.22. The van der Waals surface area contributed by atoms with Gasteiger partial charge in [-0.25, -0.2) is 0 Å². The summed E-state index contributed by atoms with van der Waals surface area (Å²) in [6.45, 7) is 3.90. The van der Waals surface area contributed by atoms with Crippen molar-refractivity contribution < 1.29 is 14.3 Å². The molecule has 0 spiro atoms. The number of hydrogen-bond donors (Lipinski definition) is 2. The molecule has 0 aliphatic heterocycles. The second-order valence-electron chi connectivity index (χ2n) is 5.87. The Morgan fingerprint density at radius 1 is 1.08 bits per heavy atom. The van der Waals surface area contributed by atoms with Gasteiger partial charge in [-0.2, -0.15) is 0 Å². The molecule has 2 N–H and O–H groups in total. The third-order valence-electron chi connectivity index (χ3n) is 3.54. The van der Waals surface area contributed by atoms with Crippen LogP contribution in [0.15, 0.2) is 54.6 Å². The SMILES string of the molecule is CC(C)c1ccccc1OCC(=O)NNC(=O)C=Cc1ccccc1Cl. The van der Waals surface area contributed by atoms with Crippen LogP contribution in [0, 0.1) is 0 Å². The van der Waals surface area contributed by atoms with Crippen LogP contribution in [0.25, 0.3) is 6.08 Å². The Morgan fingerprint density at radius 3 is 2.50 bits per heavy atom. The molecule has 0 radical (unpaired) electrons. The average Bonchev–Trinajstić information content (AvgIpc) is 2.64. The molecule has 2 aromatic rings. The number of rotatable bonds is 6. The number of hydrogen-bond acceptors (Lipinski definition) is 3. The average molecular weight is 373 g/mol. The van der Waals surface area contributed by atoms with E-state index in [4.69, 9.17) is 16.3 Å². The number of benzene rings is 2. The molecule has 0 heterocycles. The summed E-state index contributed by atoms with van der Waals surface area (Å²) in [7, 11) is 0. The van der Waals surface area contributed by atoms with E-state index >= 15 is 0 Å². The zero-order valence-electron chi connectivity index (χ0n) is 14.7. The van der Waals surface area contributed by atoms with Crippen LogP contribution in [0.4, 0.5) is 0 Å². The van der Waals surface area contributed by atoms with Crippen LogP contribution < -0.4 is 15.6 Å². The Bertz CT molecular complexity index is 803. The van der Waals surface area contributed by atoms with Crippen molar-refractivity contribution in [1.82, 2.24) is 10.9 Å². The summed E-state index contributed by atoms with van der Waals surface area (Å²) in [5.74, 6) is 0.00964. The van der Waals surface area contributed by atoms with Crippen molar-refractivity contribution in [2.45, 2.75) is 19.8 Å². The van der Waals surface area contributed by atoms with E-state index in [1.165, 1.54) is 6.08 Å². The van der Waals surface area contributed by atoms with Gasteiger partial charge >= 0.3 is 0 Å². The molecule has 0 saturated carbocycles. The summed E-state index contributed by atoms with van der Waals surface area (Å²) in [6, 6.07) is 14.7. The van der Waals surface area contributed by atoms with Crippen LogP contribution >= 0.6 is 11.6 Å². The van der Waals surface area contributed by atoms with Crippen molar-refractivity contribution in [3.05, 3.63) is 70.8 Å². The Kier molecular flexibility index (Phi) is 7.24. The number of hydrazine groups is 1.